The number of para-hydroxylation sites is 1. The average molecular weight is 421 g/mol. The fraction of sp³-hybridized carbons (Fsp3) is 0.143. The van der Waals surface area contributed by atoms with Crippen molar-refractivity contribution < 1.29 is 4.79 Å². The summed E-state index contributed by atoms with van der Waals surface area (Å²) < 4.78 is 1.36. The van der Waals surface area contributed by atoms with Gasteiger partial charge in [0, 0.05) is 11.3 Å². The number of hydrogen-bond donors (Lipinski definition) is 0. The van der Waals surface area contributed by atoms with Crippen LogP contribution in [0.5, 0.6) is 0 Å². The number of nitrogens with zero attached hydrogens (tertiary/aromatic N) is 4. The van der Waals surface area contributed by atoms with Crippen molar-refractivity contribution in [1.82, 2.24) is 14.6 Å². The molecule has 3 aromatic heterocycles. The van der Waals surface area contributed by atoms with E-state index in [2.05, 4.69) is 10.1 Å². The topological polar surface area (TPSA) is 67.6 Å². The molecule has 1 amide bonds. The van der Waals surface area contributed by atoms with Gasteiger partial charge in [-0.25, -0.2) is 9.99 Å². The lowest BCUT2D eigenvalue weighted by atomic mass is 10.1. The van der Waals surface area contributed by atoms with Crippen molar-refractivity contribution in [3.63, 3.8) is 0 Å². The van der Waals surface area contributed by atoms with Gasteiger partial charge in [0.1, 0.15) is 6.54 Å². The zero-order chi connectivity index (χ0) is 19.8. The van der Waals surface area contributed by atoms with Crippen molar-refractivity contribution in [2.45, 2.75) is 19.0 Å². The SMILES string of the molecule is O=C(Cn1cnc2ccccc2c1=O)N1N=C(c2cccs2)C[C@@H]1c1cccs1. The molecule has 8 heteroatoms. The molecule has 1 aromatic carbocycles. The first-order valence-corrected chi connectivity index (χ1v) is 10.9. The van der Waals surface area contributed by atoms with Crippen molar-refractivity contribution in [2.75, 3.05) is 0 Å². The quantitative estimate of drug-likeness (QED) is 0.503. The lowest BCUT2D eigenvalue weighted by molar-refractivity contribution is -0.133. The van der Waals surface area contributed by atoms with Crippen LogP contribution in [0.2, 0.25) is 0 Å². The lowest BCUT2D eigenvalue weighted by Crippen LogP contribution is -2.33. The standard InChI is InChI=1S/C21H16N4O2S2/c26-20(12-24-13-22-15-6-2-1-5-14(15)21(24)27)25-17(19-8-4-10-29-19)11-16(23-25)18-7-3-9-28-18/h1-10,13,17H,11-12H2/t17-/m1/s1. The summed E-state index contributed by atoms with van der Waals surface area (Å²) in [7, 11) is 0. The number of thiophene rings is 2. The lowest BCUT2D eigenvalue weighted by Gasteiger charge is -2.21. The minimum atomic E-state index is -0.228. The molecule has 0 saturated heterocycles. The molecular formula is C21H16N4O2S2. The fourth-order valence-electron chi connectivity index (χ4n) is 3.47. The zero-order valence-corrected chi connectivity index (χ0v) is 16.9. The predicted octanol–water partition coefficient (Wildman–Crippen LogP) is 3.90. The summed E-state index contributed by atoms with van der Waals surface area (Å²) >= 11 is 3.22. The molecule has 0 saturated carbocycles. The van der Waals surface area contributed by atoms with Gasteiger partial charge in [0.15, 0.2) is 0 Å². The second-order valence-electron chi connectivity index (χ2n) is 6.69. The third-order valence-electron chi connectivity index (χ3n) is 4.88. The van der Waals surface area contributed by atoms with Crippen LogP contribution in [0, 0.1) is 0 Å². The van der Waals surface area contributed by atoms with Crippen LogP contribution in [0.15, 0.2) is 75.5 Å². The molecule has 0 aliphatic carbocycles. The summed E-state index contributed by atoms with van der Waals surface area (Å²) in [4.78, 5) is 32.4. The minimum absolute atomic E-state index is 0.0975. The summed E-state index contributed by atoms with van der Waals surface area (Å²) in [5.74, 6) is -0.228. The number of carbonyl (C=O) groups is 1. The van der Waals surface area contributed by atoms with Crippen molar-refractivity contribution in [2.24, 2.45) is 5.10 Å². The maximum atomic E-state index is 13.2. The van der Waals surface area contributed by atoms with Gasteiger partial charge in [-0.1, -0.05) is 24.3 Å². The molecule has 5 rings (SSSR count). The smallest absolute Gasteiger partial charge is 0.263 e. The minimum Gasteiger partial charge on any atom is -0.289 e. The van der Waals surface area contributed by atoms with E-state index in [1.165, 1.54) is 15.9 Å². The van der Waals surface area contributed by atoms with Gasteiger partial charge in [0.25, 0.3) is 11.5 Å². The van der Waals surface area contributed by atoms with Gasteiger partial charge in [0.05, 0.1) is 33.9 Å². The van der Waals surface area contributed by atoms with Crippen LogP contribution in [0.1, 0.15) is 22.2 Å². The Kier molecular flexibility index (Phi) is 4.57. The summed E-state index contributed by atoms with van der Waals surface area (Å²) in [5, 5.41) is 10.7. The molecule has 144 valence electrons. The van der Waals surface area contributed by atoms with E-state index in [9.17, 15) is 9.59 Å². The summed E-state index contributed by atoms with van der Waals surface area (Å²) in [6.07, 6.45) is 2.10. The normalized spacial score (nSPS) is 16.3. The Morgan fingerprint density at radius 3 is 2.69 bits per heavy atom. The van der Waals surface area contributed by atoms with Gasteiger partial charge in [-0.3, -0.25) is 14.2 Å². The number of carbonyl (C=O) groups excluding carboxylic acids is 1. The molecule has 29 heavy (non-hydrogen) atoms. The van der Waals surface area contributed by atoms with Crippen molar-refractivity contribution in [1.29, 1.82) is 0 Å². The number of rotatable bonds is 4. The Balaban J connectivity index is 1.48. The molecule has 4 aromatic rings. The molecule has 1 atom stereocenters. The van der Waals surface area contributed by atoms with Crippen LogP contribution < -0.4 is 5.56 Å². The first kappa shape index (κ1) is 18.0. The second-order valence-corrected chi connectivity index (χ2v) is 8.62. The highest BCUT2D eigenvalue weighted by molar-refractivity contribution is 7.12. The molecule has 0 spiro atoms. The number of aromatic nitrogens is 2. The molecule has 1 aliphatic rings. The summed E-state index contributed by atoms with van der Waals surface area (Å²) in [5.41, 5.74) is 1.30. The van der Waals surface area contributed by atoms with E-state index in [1.807, 2.05) is 41.1 Å². The van der Waals surface area contributed by atoms with Crippen molar-refractivity contribution >= 4 is 45.2 Å². The number of hydrazone groups is 1. The van der Waals surface area contributed by atoms with Gasteiger partial charge in [-0.2, -0.15) is 5.10 Å². The number of amides is 1. The maximum Gasteiger partial charge on any atom is 0.263 e. The van der Waals surface area contributed by atoms with E-state index < -0.39 is 0 Å². The Morgan fingerprint density at radius 1 is 1.07 bits per heavy atom. The van der Waals surface area contributed by atoms with Crippen LogP contribution in [-0.2, 0) is 11.3 Å². The molecule has 0 N–H and O–H groups in total. The second kappa shape index (κ2) is 7.38. The van der Waals surface area contributed by atoms with Crippen molar-refractivity contribution in [3.05, 3.63) is 85.7 Å². The fourth-order valence-corrected chi connectivity index (χ4v) is 5.00. The van der Waals surface area contributed by atoms with E-state index in [0.29, 0.717) is 17.3 Å². The highest BCUT2D eigenvalue weighted by Crippen LogP contribution is 2.36. The van der Waals surface area contributed by atoms with E-state index in [4.69, 9.17) is 0 Å². The van der Waals surface area contributed by atoms with Crippen LogP contribution in [0.3, 0.4) is 0 Å². The molecule has 0 bridgehead atoms. The largest absolute Gasteiger partial charge is 0.289 e. The van der Waals surface area contributed by atoms with E-state index in [1.54, 1.807) is 40.9 Å². The zero-order valence-electron chi connectivity index (χ0n) is 15.3. The molecule has 1 aliphatic heterocycles. The van der Waals surface area contributed by atoms with Crippen LogP contribution in [0.4, 0.5) is 0 Å². The Hall–Kier alpha value is -3.10. The monoisotopic (exact) mass is 420 g/mol. The highest BCUT2D eigenvalue weighted by atomic mass is 32.1. The van der Waals surface area contributed by atoms with Crippen LogP contribution in [-0.4, -0.2) is 26.2 Å². The van der Waals surface area contributed by atoms with E-state index >= 15 is 0 Å². The summed E-state index contributed by atoms with van der Waals surface area (Å²) in [6, 6.07) is 15.0. The third-order valence-corrected chi connectivity index (χ3v) is 6.77. The van der Waals surface area contributed by atoms with Gasteiger partial charge < -0.3 is 0 Å². The third kappa shape index (κ3) is 3.30. The molecule has 4 heterocycles. The van der Waals surface area contributed by atoms with E-state index in [-0.39, 0.29) is 24.1 Å². The Bertz CT molecular complexity index is 1260. The van der Waals surface area contributed by atoms with Gasteiger partial charge >= 0.3 is 0 Å². The Morgan fingerprint density at radius 2 is 1.90 bits per heavy atom. The van der Waals surface area contributed by atoms with Crippen molar-refractivity contribution in [3.8, 4) is 0 Å². The predicted molar refractivity (Wildman–Crippen MR) is 115 cm³/mol. The maximum absolute atomic E-state index is 13.2. The first-order valence-electron chi connectivity index (χ1n) is 9.12. The summed E-state index contributed by atoms with van der Waals surface area (Å²) in [6.45, 7) is -0.0975. The molecule has 6 nitrogen and oxygen atoms in total. The molecule has 0 fully saturated rings. The molecular weight excluding hydrogens is 404 g/mol. The Labute approximate surface area is 174 Å². The van der Waals surface area contributed by atoms with Crippen LogP contribution >= 0.6 is 22.7 Å². The molecule has 0 radical (unpaired) electrons. The first-order chi connectivity index (χ1) is 14.2. The highest BCUT2D eigenvalue weighted by Gasteiger charge is 2.34. The number of benzene rings is 1. The number of fused-ring (bicyclic) bond motifs is 1. The number of hydrogen-bond acceptors (Lipinski definition) is 6. The van der Waals surface area contributed by atoms with E-state index in [0.717, 1.165) is 15.5 Å². The van der Waals surface area contributed by atoms with Gasteiger partial charge in [-0.05, 0) is 35.0 Å². The van der Waals surface area contributed by atoms with Crippen LogP contribution in [0.25, 0.3) is 10.9 Å². The molecule has 0 unspecified atom stereocenters. The van der Waals surface area contributed by atoms with Gasteiger partial charge in [-0.15, -0.1) is 22.7 Å². The van der Waals surface area contributed by atoms with Gasteiger partial charge in [0.2, 0.25) is 0 Å². The average Bonchev–Trinajstić information content (AvgIpc) is 3.50.